The SMILES string of the molecule is COc1cc2cc3c(c(-c4cccc(N5CCCC5)c4)c2cc1OC)C(=O)OC3.Cl. The molecular formula is C24H24ClNO4. The molecule has 5 rings (SSSR count). The summed E-state index contributed by atoms with van der Waals surface area (Å²) in [6, 6.07) is 14.4. The molecule has 2 aliphatic heterocycles. The van der Waals surface area contributed by atoms with Gasteiger partial charge in [-0.25, -0.2) is 4.79 Å². The Morgan fingerprint density at radius 3 is 2.40 bits per heavy atom. The molecule has 0 atom stereocenters. The van der Waals surface area contributed by atoms with Gasteiger partial charge in [0.1, 0.15) is 6.61 Å². The number of benzene rings is 3. The Kier molecular flexibility index (Phi) is 5.48. The van der Waals surface area contributed by atoms with E-state index in [4.69, 9.17) is 14.2 Å². The summed E-state index contributed by atoms with van der Waals surface area (Å²) in [5, 5.41) is 1.96. The van der Waals surface area contributed by atoms with Crippen LogP contribution in [0.15, 0.2) is 42.5 Å². The van der Waals surface area contributed by atoms with Gasteiger partial charge in [-0.15, -0.1) is 12.4 Å². The van der Waals surface area contributed by atoms with E-state index in [0.717, 1.165) is 40.6 Å². The highest BCUT2D eigenvalue weighted by molar-refractivity contribution is 6.11. The number of hydrogen-bond donors (Lipinski definition) is 0. The molecule has 3 aromatic carbocycles. The first-order valence-electron chi connectivity index (χ1n) is 9.93. The molecule has 0 N–H and O–H groups in total. The third-order valence-corrected chi connectivity index (χ3v) is 5.89. The number of anilines is 1. The first kappa shape index (κ1) is 20.4. The zero-order chi connectivity index (χ0) is 20.0. The van der Waals surface area contributed by atoms with Crippen LogP contribution in [0.5, 0.6) is 11.5 Å². The molecule has 1 saturated heterocycles. The summed E-state index contributed by atoms with van der Waals surface area (Å²) in [7, 11) is 3.25. The molecule has 0 spiro atoms. The molecule has 0 aromatic heterocycles. The van der Waals surface area contributed by atoms with Crippen molar-refractivity contribution in [3.63, 3.8) is 0 Å². The number of cyclic esters (lactones) is 1. The third-order valence-electron chi connectivity index (χ3n) is 5.89. The molecule has 2 heterocycles. The Hall–Kier alpha value is -2.92. The lowest BCUT2D eigenvalue weighted by atomic mass is 9.90. The smallest absolute Gasteiger partial charge is 0.339 e. The highest BCUT2D eigenvalue weighted by Gasteiger charge is 2.28. The number of esters is 1. The molecular weight excluding hydrogens is 402 g/mol. The van der Waals surface area contributed by atoms with Gasteiger partial charge in [0, 0.05) is 29.9 Å². The van der Waals surface area contributed by atoms with Crippen LogP contribution in [-0.4, -0.2) is 33.3 Å². The fourth-order valence-electron chi connectivity index (χ4n) is 4.48. The largest absolute Gasteiger partial charge is 0.493 e. The van der Waals surface area contributed by atoms with E-state index in [0.29, 0.717) is 23.7 Å². The van der Waals surface area contributed by atoms with Crippen LogP contribution < -0.4 is 14.4 Å². The number of rotatable bonds is 4. The summed E-state index contributed by atoms with van der Waals surface area (Å²) >= 11 is 0. The summed E-state index contributed by atoms with van der Waals surface area (Å²) in [6.45, 7) is 2.45. The van der Waals surface area contributed by atoms with Gasteiger partial charge in [0.25, 0.3) is 0 Å². The van der Waals surface area contributed by atoms with Gasteiger partial charge in [-0.3, -0.25) is 0 Å². The normalized spacial score (nSPS) is 15.0. The van der Waals surface area contributed by atoms with Crippen molar-refractivity contribution >= 4 is 34.8 Å². The summed E-state index contributed by atoms with van der Waals surface area (Å²) in [6.07, 6.45) is 2.44. The zero-order valence-electron chi connectivity index (χ0n) is 17.1. The lowest BCUT2D eigenvalue weighted by molar-refractivity contribution is 0.0535. The molecule has 2 aliphatic rings. The van der Waals surface area contributed by atoms with Crippen molar-refractivity contribution in [1.29, 1.82) is 0 Å². The van der Waals surface area contributed by atoms with Gasteiger partial charge >= 0.3 is 5.97 Å². The van der Waals surface area contributed by atoms with Crippen molar-refractivity contribution in [3.05, 3.63) is 53.6 Å². The third kappa shape index (κ3) is 3.23. The standard InChI is InChI=1S/C24H23NO4.ClH/c1-27-20-12-16-10-17-14-29-24(26)23(17)22(19(16)13-21(20)28-2)15-6-5-7-18(11-15)25-8-3-4-9-25;/h5-7,10-13H,3-4,8-9,14H2,1-2H3;1H. The summed E-state index contributed by atoms with van der Waals surface area (Å²) in [5.74, 6) is 1.04. The van der Waals surface area contributed by atoms with Crippen LogP contribution in [0.25, 0.3) is 21.9 Å². The van der Waals surface area contributed by atoms with Crippen LogP contribution in [0.3, 0.4) is 0 Å². The van der Waals surface area contributed by atoms with Crippen LogP contribution in [0.4, 0.5) is 5.69 Å². The minimum atomic E-state index is -0.265. The molecule has 5 nitrogen and oxygen atoms in total. The number of hydrogen-bond acceptors (Lipinski definition) is 5. The van der Waals surface area contributed by atoms with Gasteiger partial charge in [-0.05, 0) is 59.5 Å². The highest BCUT2D eigenvalue weighted by atomic mass is 35.5. The van der Waals surface area contributed by atoms with E-state index in [9.17, 15) is 4.79 Å². The average molecular weight is 426 g/mol. The number of carbonyl (C=O) groups excluding carboxylic acids is 1. The van der Waals surface area contributed by atoms with Gasteiger partial charge in [-0.1, -0.05) is 12.1 Å². The Bertz CT molecular complexity index is 1120. The zero-order valence-corrected chi connectivity index (χ0v) is 17.9. The lowest BCUT2D eigenvalue weighted by Crippen LogP contribution is -2.17. The van der Waals surface area contributed by atoms with Crippen molar-refractivity contribution in [3.8, 4) is 22.6 Å². The van der Waals surface area contributed by atoms with E-state index in [1.54, 1.807) is 14.2 Å². The molecule has 0 radical (unpaired) electrons. The fraction of sp³-hybridized carbons (Fsp3) is 0.292. The van der Waals surface area contributed by atoms with E-state index in [-0.39, 0.29) is 18.4 Å². The second-order valence-corrected chi connectivity index (χ2v) is 7.53. The number of methoxy groups -OCH3 is 2. The number of fused-ring (bicyclic) bond motifs is 2. The van der Waals surface area contributed by atoms with E-state index in [1.165, 1.54) is 18.5 Å². The van der Waals surface area contributed by atoms with E-state index in [1.807, 2.05) is 18.2 Å². The van der Waals surface area contributed by atoms with E-state index < -0.39 is 0 Å². The molecule has 6 heteroatoms. The Morgan fingerprint density at radius 2 is 1.67 bits per heavy atom. The van der Waals surface area contributed by atoms with E-state index in [2.05, 4.69) is 29.2 Å². The number of nitrogens with zero attached hydrogens (tertiary/aromatic N) is 1. The Morgan fingerprint density at radius 1 is 0.933 bits per heavy atom. The van der Waals surface area contributed by atoms with Gasteiger partial charge in [0.2, 0.25) is 0 Å². The van der Waals surface area contributed by atoms with Crippen molar-refractivity contribution in [2.75, 3.05) is 32.2 Å². The number of halogens is 1. The average Bonchev–Trinajstić information content (AvgIpc) is 3.42. The van der Waals surface area contributed by atoms with Crippen LogP contribution >= 0.6 is 12.4 Å². The molecule has 0 bridgehead atoms. The molecule has 0 saturated carbocycles. The van der Waals surface area contributed by atoms with Crippen molar-refractivity contribution in [2.45, 2.75) is 19.4 Å². The molecule has 0 amide bonds. The van der Waals surface area contributed by atoms with Crippen molar-refractivity contribution in [1.82, 2.24) is 0 Å². The monoisotopic (exact) mass is 425 g/mol. The predicted molar refractivity (Wildman–Crippen MR) is 120 cm³/mol. The first-order valence-corrected chi connectivity index (χ1v) is 9.93. The second kappa shape index (κ2) is 8.07. The second-order valence-electron chi connectivity index (χ2n) is 7.53. The minimum absolute atomic E-state index is 0. The number of ether oxygens (including phenoxy) is 3. The van der Waals surface area contributed by atoms with E-state index >= 15 is 0 Å². The minimum Gasteiger partial charge on any atom is -0.493 e. The molecule has 30 heavy (non-hydrogen) atoms. The first-order chi connectivity index (χ1) is 14.2. The summed E-state index contributed by atoms with van der Waals surface area (Å²) in [4.78, 5) is 15.0. The van der Waals surface area contributed by atoms with Crippen molar-refractivity contribution in [2.24, 2.45) is 0 Å². The Labute approximate surface area is 181 Å². The van der Waals surface area contributed by atoms with Gasteiger partial charge in [0.15, 0.2) is 11.5 Å². The van der Waals surface area contributed by atoms with Gasteiger partial charge in [-0.2, -0.15) is 0 Å². The van der Waals surface area contributed by atoms with Gasteiger partial charge < -0.3 is 19.1 Å². The molecule has 156 valence electrons. The lowest BCUT2D eigenvalue weighted by Gasteiger charge is -2.20. The molecule has 0 unspecified atom stereocenters. The predicted octanol–water partition coefficient (Wildman–Crippen LogP) is 5.22. The van der Waals surface area contributed by atoms with Crippen LogP contribution in [0.1, 0.15) is 28.8 Å². The summed E-state index contributed by atoms with van der Waals surface area (Å²) < 4.78 is 16.4. The maximum absolute atomic E-state index is 12.6. The molecule has 1 fully saturated rings. The molecule has 0 aliphatic carbocycles. The Balaban J connectivity index is 0.00000218. The maximum atomic E-state index is 12.6. The van der Waals surface area contributed by atoms with Crippen LogP contribution in [0, 0.1) is 0 Å². The maximum Gasteiger partial charge on any atom is 0.339 e. The highest BCUT2D eigenvalue weighted by Crippen LogP contribution is 2.43. The topological polar surface area (TPSA) is 48.0 Å². The van der Waals surface area contributed by atoms with Crippen molar-refractivity contribution < 1.29 is 19.0 Å². The van der Waals surface area contributed by atoms with Crippen LogP contribution in [-0.2, 0) is 11.3 Å². The number of carbonyl (C=O) groups is 1. The fourth-order valence-corrected chi connectivity index (χ4v) is 4.48. The van der Waals surface area contributed by atoms with Gasteiger partial charge in [0.05, 0.1) is 19.8 Å². The molecule has 3 aromatic rings. The summed E-state index contributed by atoms with van der Waals surface area (Å²) in [5.41, 5.74) is 4.68. The quantitative estimate of drug-likeness (QED) is 0.536. The van der Waals surface area contributed by atoms with Crippen LogP contribution in [0.2, 0.25) is 0 Å².